The lowest BCUT2D eigenvalue weighted by Crippen LogP contribution is -2.58. The summed E-state index contributed by atoms with van der Waals surface area (Å²) in [6, 6.07) is 2.83. The first-order valence-corrected chi connectivity index (χ1v) is 8.78. The molecule has 1 fully saturated rings. The van der Waals surface area contributed by atoms with E-state index in [-0.39, 0.29) is 0 Å². The maximum Gasteiger partial charge on any atom is 0.151 e. The number of aryl methyl sites for hydroxylation is 3. The monoisotopic (exact) mass is 315 g/mol. The molecule has 2 aromatic heterocycles. The number of rotatable bonds is 4. The molecule has 0 aromatic carbocycles. The largest absolute Gasteiger partial charge is 0.352 e. The molecule has 1 aliphatic heterocycles. The minimum atomic E-state index is 0.581. The second-order valence-electron chi connectivity index (χ2n) is 6.36. The predicted molar refractivity (Wildman–Crippen MR) is 88.4 cm³/mol. The quantitative estimate of drug-likeness (QED) is 0.864. The fourth-order valence-corrected chi connectivity index (χ4v) is 3.86. The van der Waals surface area contributed by atoms with Crippen molar-refractivity contribution in [1.82, 2.24) is 20.1 Å². The molecule has 22 heavy (non-hydrogen) atoms. The van der Waals surface area contributed by atoms with Gasteiger partial charge in [0.05, 0.1) is 16.4 Å². The van der Waals surface area contributed by atoms with Crippen molar-refractivity contribution in [3.63, 3.8) is 0 Å². The fraction of sp³-hybridized carbons (Fsp3) is 0.562. The number of likely N-dealkylation sites (N-methyl/N-ethyl adjacent to an activating group) is 1. The topological polar surface area (TPSA) is 45.2 Å². The zero-order chi connectivity index (χ0) is 15.1. The number of hydrogen-bond acceptors (Lipinski definition) is 6. The van der Waals surface area contributed by atoms with E-state index in [0.717, 1.165) is 43.3 Å². The lowest BCUT2D eigenvalue weighted by atomic mass is 10.1. The molecule has 0 amide bonds. The number of anilines is 1. The summed E-state index contributed by atoms with van der Waals surface area (Å²) in [6.07, 6.45) is 3.49. The van der Waals surface area contributed by atoms with Crippen LogP contribution in [0, 0.1) is 6.92 Å². The first-order chi connectivity index (χ1) is 10.7. The van der Waals surface area contributed by atoms with Crippen LogP contribution in [0.3, 0.4) is 0 Å². The lowest BCUT2D eigenvalue weighted by molar-refractivity contribution is 0.195. The molecule has 0 atom stereocenters. The van der Waals surface area contributed by atoms with Crippen LogP contribution >= 0.6 is 11.3 Å². The number of aromatic nitrogens is 3. The average molecular weight is 315 g/mol. The summed E-state index contributed by atoms with van der Waals surface area (Å²) in [6.45, 7) is 5.06. The van der Waals surface area contributed by atoms with Crippen molar-refractivity contribution in [2.75, 3.05) is 25.0 Å². The van der Waals surface area contributed by atoms with E-state index in [1.165, 1.54) is 23.4 Å². The Morgan fingerprint density at radius 3 is 2.95 bits per heavy atom. The van der Waals surface area contributed by atoms with Gasteiger partial charge in [-0.3, -0.25) is 4.90 Å². The number of thiazole rings is 1. The molecule has 116 valence electrons. The van der Waals surface area contributed by atoms with Crippen LogP contribution in [0.25, 0.3) is 0 Å². The van der Waals surface area contributed by atoms with Gasteiger partial charge in [-0.25, -0.2) is 4.98 Å². The lowest BCUT2D eigenvalue weighted by Gasteiger charge is -2.44. The van der Waals surface area contributed by atoms with E-state index in [1.807, 2.05) is 0 Å². The molecule has 0 unspecified atom stereocenters. The Morgan fingerprint density at radius 1 is 1.32 bits per heavy atom. The molecular formula is C16H21N5S. The van der Waals surface area contributed by atoms with Gasteiger partial charge in [0.25, 0.3) is 0 Å². The third-order valence-corrected chi connectivity index (χ3v) is 5.52. The van der Waals surface area contributed by atoms with E-state index in [1.54, 1.807) is 11.3 Å². The SMILES string of the molecule is Cc1nc(CN(C)C2CN(c3cc4c(nn3)CCC4)C2)cs1. The van der Waals surface area contributed by atoms with Crippen molar-refractivity contribution in [3.8, 4) is 0 Å². The summed E-state index contributed by atoms with van der Waals surface area (Å²) >= 11 is 1.73. The van der Waals surface area contributed by atoms with Gasteiger partial charge in [-0.2, -0.15) is 5.10 Å². The molecule has 0 radical (unpaired) electrons. The van der Waals surface area contributed by atoms with E-state index in [4.69, 9.17) is 0 Å². The third-order valence-electron chi connectivity index (χ3n) is 4.69. The Morgan fingerprint density at radius 2 is 2.18 bits per heavy atom. The summed E-state index contributed by atoms with van der Waals surface area (Å²) in [5, 5.41) is 12.1. The van der Waals surface area contributed by atoms with Crippen molar-refractivity contribution in [3.05, 3.63) is 33.4 Å². The Bertz CT molecular complexity index is 677. The van der Waals surface area contributed by atoms with Crippen LogP contribution in [-0.4, -0.2) is 46.3 Å². The molecular weight excluding hydrogens is 294 g/mol. The second kappa shape index (κ2) is 5.59. The minimum absolute atomic E-state index is 0.581. The average Bonchev–Trinajstić information content (AvgIpc) is 3.05. The molecule has 0 N–H and O–H groups in total. The molecule has 5 nitrogen and oxygen atoms in total. The normalized spacial score (nSPS) is 17.9. The Balaban J connectivity index is 1.35. The molecule has 1 aliphatic carbocycles. The van der Waals surface area contributed by atoms with Crippen molar-refractivity contribution < 1.29 is 0 Å². The Hall–Kier alpha value is -1.53. The van der Waals surface area contributed by atoms with E-state index >= 15 is 0 Å². The van der Waals surface area contributed by atoms with Gasteiger partial charge in [0.2, 0.25) is 0 Å². The maximum atomic E-state index is 4.55. The molecule has 0 bridgehead atoms. The van der Waals surface area contributed by atoms with Crippen LogP contribution < -0.4 is 4.90 Å². The van der Waals surface area contributed by atoms with Crippen molar-refractivity contribution in [2.45, 2.75) is 38.8 Å². The van der Waals surface area contributed by atoms with Gasteiger partial charge in [0.15, 0.2) is 5.82 Å². The number of hydrogen-bond donors (Lipinski definition) is 0. The molecule has 2 aliphatic rings. The maximum absolute atomic E-state index is 4.55. The summed E-state index contributed by atoms with van der Waals surface area (Å²) in [5.41, 5.74) is 3.79. The Labute approximate surface area is 135 Å². The van der Waals surface area contributed by atoms with E-state index in [2.05, 4.69) is 50.4 Å². The van der Waals surface area contributed by atoms with Gasteiger partial charge in [0, 0.05) is 31.1 Å². The van der Waals surface area contributed by atoms with E-state index in [0.29, 0.717) is 6.04 Å². The van der Waals surface area contributed by atoms with Crippen molar-refractivity contribution >= 4 is 17.2 Å². The third kappa shape index (κ3) is 2.61. The molecule has 1 saturated heterocycles. The van der Waals surface area contributed by atoms with Gasteiger partial charge in [-0.15, -0.1) is 16.4 Å². The van der Waals surface area contributed by atoms with Gasteiger partial charge in [-0.05, 0) is 44.9 Å². The highest BCUT2D eigenvalue weighted by Crippen LogP contribution is 2.26. The van der Waals surface area contributed by atoms with Crippen molar-refractivity contribution in [2.24, 2.45) is 0 Å². The highest BCUT2D eigenvalue weighted by molar-refractivity contribution is 7.09. The second-order valence-corrected chi connectivity index (χ2v) is 7.42. The first kappa shape index (κ1) is 14.1. The number of nitrogens with zero attached hydrogens (tertiary/aromatic N) is 5. The molecule has 4 rings (SSSR count). The summed E-state index contributed by atoms with van der Waals surface area (Å²) in [4.78, 5) is 9.28. The van der Waals surface area contributed by atoms with Crippen LogP contribution in [-0.2, 0) is 19.4 Å². The van der Waals surface area contributed by atoms with Gasteiger partial charge in [0.1, 0.15) is 0 Å². The fourth-order valence-electron chi connectivity index (χ4n) is 3.26. The number of fused-ring (bicyclic) bond motifs is 1. The predicted octanol–water partition coefficient (Wildman–Crippen LogP) is 2.05. The Kier molecular flexibility index (Phi) is 3.58. The zero-order valence-electron chi connectivity index (χ0n) is 13.1. The molecule has 3 heterocycles. The summed E-state index contributed by atoms with van der Waals surface area (Å²) in [7, 11) is 2.19. The van der Waals surface area contributed by atoms with Crippen LogP contribution in [0.1, 0.15) is 28.4 Å². The summed E-state index contributed by atoms with van der Waals surface area (Å²) in [5.74, 6) is 1.05. The van der Waals surface area contributed by atoms with Gasteiger partial charge < -0.3 is 4.90 Å². The van der Waals surface area contributed by atoms with Crippen LogP contribution in [0.5, 0.6) is 0 Å². The smallest absolute Gasteiger partial charge is 0.151 e. The molecule has 0 spiro atoms. The van der Waals surface area contributed by atoms with E-state index < -0.39 is 0 Å². The van der Waals surface area contributed by atoms with Crippen LogP contribution in [0.4, 0.5) is 5.82 Å². The van der Waals surface area contributed by atoms with Crippen molar-refractivity contribution in [1.29, 1.82) is 0 Å². The van der Waals surface area contributed by atoms with E-state index in [9.17, 15) is 0 Å². The minimum Gasteiger partial charge on any atom is -0.352 e. The summed E-state index contributed by atoms with van der Waals surface area (Å²) < 4.78 is 0. The van der Waals surface area contributed by atoms with Crippen LogP contribution in [0.2, 0.25) is 0 Å². The molecule has 2 aromatic rings. The van der Waals surface area contributed by atoms with Gasteiger partial charge >= 0.3 is 0 Å². The highest BCUT2D eigenvalue weighted by Gasteiger charge is 2.32. The molecule has 6 heteroatoms. The van der Waals surface area contributed by atoms with Gasteiger partial charge in [-0.1, -0.05) is 0 Å². The highest BCUT2D eigenvalue weighted by atomic mass is 32.1. The first-order valence-electron chi connectivity index (χ1n) is 7.91. The zero-order valence-corrected chi connectivity index (χ0v) is 13.9. The molecule has 0 saturated carbocycles. The van der Waals surface area contributed by atoms with Crippen LogP contribution in [0.15, 0.2) is 11.4 Å². The standard InChI is InChI=1S/C16H21N5S/c1-11-17-13(10-22-11)7-20(2)14-8-21(9-14)16-6-12-4-3-5-15(12)18-19-16/h6,10,14H,3-5,7-9H2,1-2H3.